The van der Waals surface area contributed by atoms with Crippen LogP contribution in [0.5, 0.6) is 0 Å². The molecule has 0 aromatic heterocycles. The van der Waals surface area contributed by atoms with E-state index in [4.69, 9.17) is 4.74 Å². The first-order chi connectivity index (χ1) is 8.81. The van der Waals surface area contributed by atoms with Crippen LogP contribution in [0.15, 0.2) is 18.2 Å². The molecule has 1 N–H and O–H groups in total. The number of anilines is 1. The molecule has 0 saturated carbocycles. The van der Waals surface area contributed by atoms with Gasteiger partial charge in [0.25, 0.3) is 0 Å². The van der Waals surface area contributed by atoms with E-state index in [-0.39, 0.29) is 0 Å². The standard InChI is InChI=1S/C15H23NO2S/c1-11-7-8-12(6-5-9-19)10-13(11)16-14(17)18-15(2,3)4/h7-8,10,19H,5-6,9H2,1-4H3,(H,16,17). The van der Waals surface area contributed by atoms with Gasteiger partial charge in [-0.05, 0) is 63.5 Å². The lowest BCUT2D eigenvalue weighted by molar-refractivity contribution is 0.0636. The van der Waals surface area contributed by atoms with E-state index in [1.54, 1.807) is 0 Å². The third-order valence-corrected chi connectivity index (χ3v) is 2.88. The number of hydrogen-bond donors (Lipinski definition) is 2. The Labute approximate surface area is 121 Å². The first-order valence-electron chi connectivity index (χ1n) is 6.52. The summed E-state index contributed by atoms with van der Waals surface area (Å²) in [5.74, 6) is 0.864. The number of nitrogens with one attached hydrogen (secondary N) is 1. The maximum atomic E-state index is 11.8. The smallest absolute Gasteiger partial charge is 0.412 e. The third kappa shape index (κ3) is 6.01. The Morgan fingerprint density at radius 2 is 2.05 bits per heavy atom. The van der Waals surface area contributed by atoms with E-state index in [9.17, 15) is 4.79 Å². The zero-order valence-electron chi connectivity index (χ0n) is 12.1. The van der Waals surface area contributed by atoms with Gasteiger partial charge in [-0.3, -0.25) is 5.32 Å². The zero-order valence-corrected chi connectivity index (χ0v) is 13.0. The fraction of sp³-hybridized carbons (Fsp3) is 0.533. The van der Waals surface area contributed by atoms with Crippen LogP contribution >= 0.6 is 12.6 Å². The number of aryl methyl sites for hydroxylation is 2. The minimum absolute atomic E-state index is 0.415. The van der Waals surface area contributed by atoms with Crippen molar-refractivity contribution in [3.8, 4) is 0 Å². The molecule has 1 rings (SSSR count). The summed E-state index contributed by atoms with van der Waals surface area (Å²) in [5, 5.41) is 2.80. The lowest BCUT2D eigenvalue weighted by Crippen LogP contribution is -2.27. The van der Waals surface area contributed by atoms with Crippen LogP contribution in [0.3, 0.4) is 0 Å². The summed E-state index contributed by atoms with van der Waals surface area (Å²) in [6.07, 6.45) is 1.58. The van der Waals surface area contributed by atoms with Crippen molar-refractivity contribution in [2.75, 3.05) is 11.1 Å². The molecule has 0 bridgehead atoms. The molecule has 3 nitrogen and oxygen atoms in total. The molecule has 4 heteroatoms. The average Bonchev–Trinajstić information content (AvgIpc) is 2.27. The van der Waals surface area contributed by atoms with Crippen LogP contribution in [0.1, 0.15) is 38.3 Å². The minimum Gasteiger partial charge on any atom is -0.444 e. The van der Waals surface area contributed by atoms with E-state index in [0.717, 1.165) is 29.8 Å². The fourth-order valence-corrected chi connectivity index (χ4v) is 1.81. The minimum atomic E-state index is -0.484. The average molecular weight is 281 g/mol. The Kier molecular flexibility index (Phi) is 5.73. The topological polar surface area (TPSA) is 38.3 Å². The Morgan fingerprint density at radius 3 is 2.63 bits per heavy atom. The predicted octanol–water partition coefficient (Wildman–Crippen LogP) is 4.20. The highest BCUT2D eigenvalue weighted by molar-refractivity contribution is 7.80. The molecule has 0 heterocycles. The third-order valence-electron chi connectivity index (χ3n) is 2.56. The van der Waals surface area contributed by atoms with Crippen molar-refractivity contribution in [2.24, 2.45) is 0 Å². The zero-order chi connectivity index (χ0) is 14.5. The second-order valence-corrected chi connectivity index (χ2v) is 6.05. The quantitative estimate of drug-likeness (QED) is 0.812. The van der Waals surface area contributed by atoms with Crippen LogP contribution in [0.2, 0.25) is 0 Å². The number of ether oxygens (including phenoxy) is 1. The van der Waals surface area contributed by atoms with Gasteiger partial charge in [0.05, 0.1) is 0 Å². The van der Waals surface area contributed by atoms with Crippen LogP contribution in [0.4, 0.5) is 10.5 Å². The molecule has 1 aromatic carbocycles. The van der Waals surface area contributed by atoms with Gasteiger partial charge in [-0.1, -0.05) is 12.1 Å². The summed E-state index contributed by atoms with van der Waals surface area (Å²) in [4.78, 5) is 11.8. The van der Waals surface area contributed by atoms with Gasteiger partial charge < -0.3 is 4.74 Å². The molecule has 0 aliphatic rings. The van der Waals surface area contributed by atoms with Crippen molar-refractivity contribution in [1.82, 2.24) is 0 Å². The lowest BCUT2D eigenvalue weighted by atomic mass is 10.1. The molecule has 106 valence electrons. The van der Waals surface area contributed by atoms with Gasteiger partial charge in [-0.15, -0.1) is 0 Å². The highest BCUT2D eigenvalue weighted by Crippen LogP contribution is 2.19. The van der Waals surface area contributed by atoms with Crippen molar-refractivity contribution in [2.45, 2.75) is 46.1 Å². The molecule has 0 aliphatic heterocycles. The van der Waals surface area contributed by atoms with Gasteiger partial charge >= 0.3 is 6.09 Å². The number of benzene rings is 1. The van der Waals surface area contributed by atoms with Crippen molar-refractivity contribution in [3.05, 3.63) is 29.3 Å². The van der Waals surface area contributed by atoms with E-state index in [1.165, 1.54) is 5.56 Å². The van der Waals surface area contributed by atoms with Gasteiger partial charge in [0.2, 0.25) is 0 Å². The van der Waals surface area contributed by atoms with E-state index in [1.807, 2.05) is 39.8 Å². The van der Waals surface area contributed by atoms with Crippen molar-refractivity contribution in [3.63, 3.8) is 0 Å². The van der Waals surface area contributed by atoms with Gasteiger partial charge in [-0.2, -0.15) is 12.6 Å². The summed E-state index contributed by atoms with van der Waals surface area (Å²) in [7, 11) is 0. The molecule has 0 radical (unpaired) electrons. The van der Waals surface area contributed by atoms with Crippen LogP contribution in [0, 0.1) is 6.92 Å². The predicted molar refractivity (Wildman–Crippen MR) is 83.2 cm³/mol. The first-order valence-corrected chi connectivity index (χ1v) is 7.15. The molecule has 19 heavy (non-hydrogen) atoms. The maximum absolute atomic E-state index is 11.8. The Morgan fingerprint density at radius 1 is 1.37 bits per heavy atom. The van der Waals surface area contributed by atoms with Crippen LogP contribution < -0.4 is 5.32 Å². The Bertz CT molecular complexity index is 438. The number of carbonyl (C=O) groups excluding carboxylic acids is 1. The SMILES string of the molecule is Cc1ccc(CCCS)cc1NC(=O)OC(C)(C)C. The highest BCUT2D eigenvalue weighted by atomic mass is 32.1. The maximum Gasteiger partial charge on any atom is 0.412 e. The molecular formula is C15H23NO2S. The Balaban J connectivity index is 2.73. The summed E-state index contributed by atoms with van der Waals surface area (Å²) in [6.45, 7) is 7.52. The van der Waals surface area contributed by atoms with Crippen molar-refractivity contribution < 1.29 is 9.53 Å². The monoisotopic (exact) mass is 281 g/mol. The van der Waals surface area contributed by atoms with Gasteiger partial charge in [0.15, 0.2) is 0 Å². The number of carbonyl (C=O) groups is 1. The van der Waals surface area contributed by atoms with Gasteiger partial charge in [0, 0.05) is 5.69 Å². The summed E-state index contributed by atoms with van der Waals surface area (Å²) >= 11 is 4.21. The second kappa shape index (κ2) is 6.85. The molecule has 0 aliphatic carbocycles. The molecular weight excluding hydrogens is 258 g/mol. The Hall–Kier alpha value is -1.16. The lowest BCUT2D eigenvalue weighted by Gasteiger charge is -2.20. The van der Waals surface area contributed by atoms with Gasteiger partial charge in [-0.25, -0.2) is 4.79 Å². The molecule has 0 fully saturated rings. The fourth-order valence-electron chi connectivity index (χ4n) is 1.66. The molecule has 0 saturated heterocycles. The first kappa shape index (κ1) is 15.9. The number of amides is 1. The summed E-state index contributed by atoms with van der Waals surface area (Å²) < 4.78 is 5.26. The van der Waals surface area contributed by atoms with Crippen LogP contribution in [0.25, 0.3) is 0 Å². The van der Waals surface area contributed by atoms with E-state index in [0.29, 0.717) is 0 Å². The van der Waals surface area contributed by atoms with E-state index < -0.39 is 11.7 Å². The van der Waals surface area contributed by atoms with Gasteiger partial charge in [0.1, 0.15) is 5.60 Å². The number of hydrogen-bond acceptors (Lipinski definition) is 3. The number of rotatable bonds is 4. The summed E-state index contributed by atoms with van der Waals surface area (Å²) in [5.41, 5.74) is 2.55. The molecule has 1 amide bonds. The van der Waals surface area contributed by atoms with Crippen LogP contribution in [-0.4, -0.2) is 17.4 Å². The van der Waals surface area contributed by atoms with E-state index in [2.05, 4.69) is 24.0 Å². The molecule has 1 aromatic rings. The highest BCUT2D eigenvalue weighted by Gasteiger charge is 2.16. The van der Waals surface area contributed by atoms with E-state index >= 15 is 0 Å². The molecule has 0 unspecified atom stereocenters. The van der Waals surface area contributed by atoms with Crippen molar-refractivity contribution in [1.29, 1.82) is 0 Å². The van der Waals surface area contributed by atoms with Crippen molar-refractivity contribution >= 4 is 24.4 Å². The summed E-state index contributed by atoms with van der Waals surface area (Å²) in [6, 6.07) is 6.10. The largest absolute Gasteiger partial charge is 0.444 e. The normalized spacial score (nSPS) is 11.2. The molecule has 0 atom stereocenters. The van der Waals surface area contributed by atoms with Crippen LogP contribution in [-0.2, 0) is 11.2 Å². The number of thiol groups is 1. The molecule has 0 spiro atoms. The second-order valence-electron chi connectivity index (χ2n) is 5.60.